The minimum atomic E-state index is -0.582. The van der Waals surface area contributed by atoms with E-state index in [1.54, 1.807) is 40.5 Å². The van der Waals surface area contributed by atoms with E-state index in [1.807, 2.05) is 41.8 Å². The van der Waals surface area contributed by atoms with E-state index in [0.717, 1.165) is 12.2 Å². The molecule has 6 nitrogen and oxygen atoms in total. The zero-order valence-electron chi connectivity index (χ0n) is 17.0. The maximum atomic E-state index is 12.6. The van der Waals surface area contributed by atoms with Crippen molar-refractivity contribution >= 4 is 23.2 Å². The topological polar surface area (TPSA) is 65.1 Å². The molecule has 0 bridgehead atoms. The lowest BCUT2D eigenvalue weighted by molar-refractivity contribution is -0.135. The van der Waals surface area contributed by atoms with Gasteiger partial charge >= 0.3 is 5.97 Å². The molecule has 4 rings (SSSR count). The lowest BCUT2D eigenvalue weighted by atomic mass is 10.1. The van der Waals surface area contributed by atoms with Crippen LogP contribution in [0.1, 0.15) is 20.8 Å². The molecule has 160 valence electrons. The van der Waals surface area contributed by atoms with Gasteiger partial charge in [-0.15, -0.1) is 11.3 Å². The number of ether oxygens (including phenoxy) is 3. The summed E-state index contributed by atoms with van der Waals surface area (Å²) in [6.45, 7) is 1.53. The van der Waals surface area contributed by atoms with Crippen LogP contribution >= 0.6 is 11.3 Å². The van der Waals surface area contributed by atoms with Crippen LogP contribution < -0.4 is 9.47 Å². The highest BCUT2D eigenvalue weighted by Gasteiger charge is 2.23. The first-order valence-corrected chi connectivity index (χ1v) is 11.0. The first kappa shape index (κ1) is 20.9. The van der Waals surface area contributed by atoms with Crippen molar-refractivity contribution in [3.63, 3.8) is 0 Å². The van der Waals surface area contributed by atoms with Gasteiger partial charge in [-0.2, -0.15) is 0 Å². The molecule has 1 aliphatic heterocycles. The predicted octanol–water partition coefficient (Wildman–Crippen LogP) is 3.95. The number of nitrogens with zero attached hydrogens (tertiary/aromatic N) is 1. The fourth-order valence-electron chi connectivity index (χ4n) is 3.35. The number of fused-ring (bicyclic) bond motifs is 1. The van der Waals surface area contributed by atoms with E-state index in [-0.39, 0.29) is 24.7 Å². The Bertz CT molecular complexity index is 1030. The average Bonchev–Trinajstić information content (AvgIpc) is 3.29. The molecule has 0 saturated heterocycles. The summed E-state index contributed by atoms with van der Waals surface area (Å²) in [6.07, 6.45) is 0.842. The van der Waals surface area contributed by atoms with E-state index >= 15 is 0 Å². The Balaban J connectivity index is 1.27. The molecule has 1 aliphatic rings. The summed E-state index contributed by atoms with van der Waals surface area (Å²) >= 11 is 1.72. The van der Waals surface area contributed by atoms with E-state index in [1.165, 1.54) is 10.4 Å². The fraction of sp³-hybridized carbons (Fsp3) is 0.250. The summed E-state index contributed by atoms with van der Waals surface area (Å²) < 4.78 is 16.6. The van der Waals surface area contributed by atoms with Crippen molar-refractivity contribution in [2.24, 2.45) is 0 Å². The zero-order valence-corrected chi connectivity index (χ0v) is 17.8. The van der Waals surface area contributed by atoms with Gasteiger partial charge in [0.05, 0.1) is 0 Å². The van der Waals surface area contributed by atoms with E-state index in [0.29, 0.717) is 25.4 Å². The molecule has 0 aliphatic carbocycles. The minimum absolute atomic E-state index is 0.195. The molecule has 1 amide bonds. The summed E-state index contributed by atoms with van der Waals surface area (Å²) in [5.41, 5.74) is 1.46. The molecular weight excluding hydrogens is 414 g/mol. The highest BCUT2D eigenvalue weighted by atomic mass is 32.1. The van der Waals surface area contributed by atoms with Crippen molar-refractivity contribution in [2.75, 3.05) is 26.4 Å². The van der Waals surface area contributed by atoms with Crippen molar-refractivity contribution in [2.45, 2.75) is 13.0 Å². The Morgan fingerprint density at radius 2 is 1.71 bits per heavy atom. The number of esters is 1. The van der Waals surface area contributed by atoms with Gasteiger partial charge in [0.15, 0.2) is 6.61 Å². The molecule has 2 heterocycles. The fourth-order valence-corrected chi connectivity index (χ4v) is 4.24. The third-order valence-corrected chi connectivity index (χ3v) is 5.97. The first-order valence-electron chi connectivity index (χ1n) is 10.1. The van der Waals surface area contributed by atoms with Gasteiger partial charge in [-0.25, -0.2) is 4.79 Å². The number of carbonyl (C=O) groups is 2. The molecule has 31 heavy (non-hydrogen) atoms. The van der Waals surface area contributed by atoms with Gasteiger partial charge in [0.2, 0.25) is 0 Å². The Morgan fingerprint density at radius 1 is 0.935 bits per heavy atom. The number of hydrogen-bond acceptors (Lipinski definition) is 6. The van der Waals surface area contributed by atoms with Gasteiger partial charge in [0, 0.05) is 18.0 Å². The summed E-state index contributed by atoms with van der Waals surface area (Å²) in [4.78, 5) is 28.1. The summed E-state index contributed by atoms with van der Waals surface area (Å²) in [5, 5.41) is 2.04. The molecule has 0 atom stereocenters. The van der Waals surface area contributed by atoms with E-state index in [4.69, 9.17) is 14.2 Å². The Labute approximate surface area is 185 Å². The van der Waals surface area contributed by atoms with Gasteiger partial charge < -0.3 is 19.1 Å². The molecule has 1 aromatic heterocycles. The van der Waals surface area contributed by atoms with Crippen molar-refractivity contribution in [1.82, 2.24) is 4.90 Å². The van der Waals surface area contributed by atoms with Gasteiger partial charge in [0.1, 0.15) is 30.3 Å². The largest absolute Gasteiger partial charge is 0.490 e. The van der Waals surface area contributed by atoms with Crippen molar-refractivity contribution in [3.8, 4) is 11.5 Å². The predicted molar refractivity (Wildman–Crippen MR) is 118 cm³/mol. The normalized spacial score (nSPS) is 12.7. The molecule has 0 radical (unpaired) electrons. The average molecular weight is 438 g/mol. The van der Waals surface area contributed by atoms with Crippen LogP contribution in [0, 0.1) is 0 Å². The highest BCUT2D eigenvalue weighted by molar-refractivity contribution is 7.10. The van der Waals surface area contributed by atoms with Crippen molar-refractivity contribution in [3.05, 3.63) is 82.0 Å². The number of rotatable bonds is 8. The number of para-hydroxylation sites is 2. The van der Waals surface area contributed by atoms with Crippen molar-refractivity contribution in [1.29, 1.82) is 0 Å². The number of benzene rings is 2. The number of amides is 1. The summed E-state index contributed by atoms with van der Waals surface area (Å²) in [7, 11) is 0. The molecule has 0 fully saturated rings. The zero-order chi connectivity index (χ0) is 21.5. The van der Waals surface area contributed by atoms with Crippen molar-refractivity contribution < 1.29 is 23.8 Å². The second kappa shape index (κ2) is 10.1. The monoisotopic (exact) mass is 437 g/mol. The van der Waals surface area contributed by atoms with E-state index in [9.17, 15) is 9.59 Å². The Morgan fingerprint density at radius 3 is 2.58 bits per heavy atom. The maximum absolute atomic E-state index is 12.6. The number of carbonyl (C=O) groups excluding carboxylic acids is 2. The van der Waals surface area contributed by atoms with Crippen LogP contribution in [0.5, 0.6) is 11.5 Å². The first-order chi connectivity index (χ1) is 15.2. The van der Waals surface area contributed by atoms with Crippen LogP contribution in [-0.2, 0) is 22.5 Å². The lowest BCUT2D eigenvalue weighted by Crippen LogP contribution is -2.38. The number of hydrogen-bond donors (Lipinski definition) is 0. The quantitative estimate of drug-likeness (QED) is 0.394. The van der Waals surface area contributed by atoms with Gasteiger partial charge in [0.25, 0.3) is 5.91 Å². The van der Waals surface area contributed by atoms with Crippen LogP contribution in [0.3, 0.4) is 0 Å². The third-order valence-electron chi connectivity index (χ3n) is 4.95. The molecule has 7 heteroatoms. The SMILES string of the molecule is O=C(OCC(=O)N1CCc2sccc2C1)c1ccccc1OCCOc1ccccc1. The standard InChI is InChI=1S/C24H23NO5S/c26-23(25-12-10-22-18(16-25)11-15-31-22)17-30-24(27)20-8-4-5-9-21(20)29-14-13-28-19-6-2-1-3-7-19/h1-9,11,15H,10,12-14,16-17H2. The van der Waals surface area contributed by atoms with Crippen LogP contribution in [0.4, 0.5) is 0 Å². The molecule has 3 aromatic rings. The van der Waals surface area contributed by atoms with Gasteiger partial charge in [-0.05, 0) is 47.7 Å². The van der Waals surface area contributed by atoms with E-state index < -0.39 is 5.97 Å². The Kier molecular flexibility index (Phi) is 6.84. The minimum Gasteiger partial charge on any atom is -0.490 e. The van der Waals surface area contributed by atoms with Gasteiger partial charge in [-0.1, -0.05) is 30.3 Å². The molecular formula is C24H23NO5S. The maximum Gasteiger partial charge on any atom is 0.342 e. The second-order valence-electron chi connectivity index (χ2n) is 7.02. The molecule has 2 aromatic carbocycles. The lowest BCUT2D eigenvalue weighted by Gasteiger charge is -2.26. The smallest absolute Gasteiger partial charge is 0.342 e. The number of thiophene rings is 1. The summed E-state index contributed by atoms with van der Waals surface area (Å²) in [6, 6.07) is 18.3. The Hall–Kier alpha value is -3.32. The van der Waals surface area contributed by atoms with Crippen LogP contribution in [0.2, 0.25) is 0 Å². The molecule has 0 spiro atoms. The highest BCUT2D eigenvalue weighted by Crippen LogP contribution is 2.24. The summed E-state index contributed by atoms with van der Waals surface area (Å²) in [5.74, 6) is 0.378. The molecule has 0 N–H and O–H groups in total. The van der Waals surface area contributed by atoms with Crippen LogP contribution in [0.15, 0.2) is 66.0 Å². The van der Waals surface area contributed by atoms with Crippen LogP contribution in [-0.4, -0.2) is 43.1 Å². The van der Waals surface area contributed by atoms with Gasteiger partial charge in [-0.3, -0.25) is 4.79 Å². The molecule has 0 unspecified atom stereocenters. The van der Waals surface area contributed by atoms with Crippen LogP contribution in [0.25, 0.3) is 0 Å². The van der Waals surface area contributed by atoms with E-state index in [2.05, 4.69) is 0 Å². The second-order valence-corrected chi connectivity index (χ2v) is 8.02. The third kappa shape index (κ3) is 5.44. The molecule has 0 saturated carbocycles.